The fourth-order valence-corrected chi connectivity index (χ4v) is 2.40. The van der Waals surface area contributed by atoms with Crippen LogP contribution >= 0.6 is 11.3 Å². The summed E-state index contributed by atoms with van der Waals surface area (Å²) in [6.07, 6.45) is -2.70. The summed E-state index contributed by atoms with van der Waals surface area (Å²) in [6, 6.07) is 5.06. The van der Waals surface area contributed by atoms with Crippen molar-refractivity contribution in [3.8, 4) is 0 Å². The lowest BCUT2D eigenvalue weighted by atomic mass is 10.0. The Balaban J connectivity index is 2.26. The van der Waals surface area contributed by atoms with E-state index in [1.807, 2.05) is 0 Å². The van der Waals surface area contributed by atoms with Crippen molar-refractivity contribution in [3.63, 3.8) is 0 Å². The van der Waals surface area contributed by atoms with Crippen molar-refractivity contribution in [2.45, 2.75) is 18.6 Å². The first-order chi connectivity index (χ1) is 8.47. The van der Waals surface area contributed by atoms with Crippen LogP contribution in [0.15, 0.2) is 18.2 Å². The summed E-state index contributed by atoms with van der Waals surface area (Å²) in [4.78, 5) is 14.8. The third-order valence-corrected chi connectivity index (χ3v) is 3.41. The topological polar surface area (TPSA) is 122 Å². The van der Waals surface area contributed by atoms with Gasteiger partial charge < -0.3 is 21.7 Å². The number of carbonyl (C=O) groups excluding carboxylic acids is 1. The zero-order chi connectivity index (χ0) is 13.3. The second-order valence-corrected chi connectivity index (χ2v) is 5.02. The van der Waals surface area contributed by atoms with Gasteiger partial charge in [-0.05, 0) is 17.7 Å². The van der Waals surface area contributed by atoms with E-state index in [4.69, 9.17) is 11.5 Å². The molecular weight excluding hydrogens is 254 g/mol. The predicted molar refractivity (Wildman–Crippen MR) is 68.8 cm³/mol. The van der Waals surface area contributed by atoms with Gasteiger partial charge in [0, 0.05) is 0 Å². The molecule has 6 N–H and O–H groups in total. The predicted octanol–water partition coefficient (Wildman–Crippen LogP) is 0.148. The molecule has 2 aromatic rings. The quantitative estimate of drug-likeness (QED) is 0.628. The fourth-order valence-electron chi connectivity index (χ4n) is 1.69. The third kappa shape index (κ3) is 2.58. The van der Waals surface area contributed by atoms with E-state index in [0.717, 1.165) is 4.70 Å². The lowest BCUT2D eigenvalue weighted by molar-refractivity contribution is -0.121. The van der Waals surface area contributed by atoms with Crippen LogP contribution in [0.4, 0.5) is 5.13 Å². The highest BCUT2D eigenvalue weighted by Crippen LogP contribution is 2.28. The Kier molecular flexibility index (Phi) is 3.46. The monoisotopic (exact) mass is 267 g/mol. The number of anilines is 1. The summed E-state index contributed by atoms with van der Waals surface area (Å²) >= 11 is 1.34. The van der Waals surface area contributed by atoms with Crippen LogP contribution < -0.4 is 11.5 Å². The lowest BCUT2D eigenvalue weighted by Gasteiger charge is -2.16. The molecule has 0 bridgehead atoms. The third-order valence-electron chi connectivity index (χ3n) is 2.54. The summed E-state index contributed by atoms with van der Waals surface area (Å²) in [5, 5.41) is 20.0. The molecule has 0 spiro atoms. The zero-order valence-electron chi connectivity index (χ0n) is 9.41. The second kappa shape index (κ2) is 4.89. The molecule has 0 saturated heterocycles. The molecule has 2 atom stereocenters. The van der Waals surface area contributed by atoms with Gasteiger partial charge in [0.05, 0.1) is 22.7 Å². The van der Waals surface area contributed by atoms with E-state index in [1.54, 1.807) is 18.2 Å². The van der Waals surface area contributed by atoms with Gasteiger partial charge in [0.15, 0.2) is 5.13 Å². The molecule has 18 heavy (non-hydrogen) atoms. The van der Waals surface area contributed by atoms with E-state index < -0.39 is 18.1 Å². The maximum atomic E-state index is 10.7. The average molecular weight is 267 g/mol. The number of hydrogen-bond donors (Lipinski definition) is 4. The number of nitrogens with zero attached hydrogens (tertiary/aromatic N) is 1. The van der Waals surface area contributed by atoms with Gasteiger partial charge in [-0.25, -0.2) is 4.98 Å². The maximum Gasteiger partial charge on any atom is 0.220 e. The molecule has 0 saturated carbocycles. The van der Waals surface area contributed by atoms with Crippen LogP contribution in [0, 0.1) is 0 Å². The highest BCUT2D eigenvalue weighted by molar-refractivity contribution is 7.22. The van der Waals surface area contributed by atoms with Crippen LogP contribution in [-0.2, 0) is 4.79 Å². The Labute approximate surface area is 107 Å². The number of aromatic nitrogens is 1. The largest absolute Gasteiger partial charge is 0.390 e. The van der Waals surface area contributed by atoms with E-state index in [0.29, 0.717) is 16.2 Å². The Morgan fingerprint density at radius 2 is 2.17 bits per heavy atom. The minimum absolute atomic E-state index is 0.293. The van der Waals surface area contributed by atoms with Gasteiger partial charge in [0.25, 0.3) is 0 Å². The summed E-state index contributed by atoms with van der Waals surface area (Å²) in [5.41, 5.74) is 11.7. The number of rotatable bonds is 4. The van der Waals surface area contributed by atoms with Crippen molar-refractivity contribution in [1.29, 1.82) is 0 Å². The molecule has 1 heterocycles. The smallest absolute Gasteiger partial charge is 0.220 e. The minimum atomic E-state index is -1.23. The number of aliphatic hydroxyl groups is 2. The van der Waals surface area contributed by atoms with Crippen LogP contribution in [0.5, 0.6) is 0 Å². The number of thiazole rings is 1. The molecule has 1 aromatic carbocycles. The van der Waals surface area contributed by atoms with Crippen molar-refractivity contribution in [2.24, 2.45) is 5.73 Å². The van der Waals surface area contributed by atoms with Crippen LogP contribution in [0.1, 0.15) is 18.1 Å². The number of primary amides is 1. The Morgan fingerprint density at radius 3 is 2.83 bits per heavy atom. The first kappa shape index (κ1) is 12.7. The number of benzene rings is 1. The van der Waals surface area contributed by atoms with Gasteiger partial charge in [0.2, 0.25) is 5.91 Å². The lowest BCUT2D eigenvalue weighted by Crippen LogP contribution is -2.25. The molecule has 2 rings (SSSR count). The van der Waals surface area contributed by atoms with E-state index in [2.05, 4.69) is 4.98 Å². The Bertz CT molecular complexity index is 584. The molecule has 0 radical (unpaired) electrons. The van der Waals surface area contributed by atoms with Crippen molar-refractivity contribution >= 4 is 32.6 Å². The van der Waals surface area contributed by atoms with Gasteiger partial charge in [-0.15, -0.1) is 0 Å². The first-order valence-corrected chi connectivity index (χ1v) is 6.09. The van der Waals surface area contributed by atoms with Crippen LogP contribution in [0.2, 0.25) is 0 Å². The average Bonchev–Trinajstić information content (AvgIpc) is 2.65. The Hall–Kier alpha value is -1.70. The van der Waals surface area contributed by atoms with E-state index >= 15 is 0 Å². The number of hydrogen-bond acceptors (Lipinski definition) is 6. The number of fused-ring (bicyclic) bond motifs is 1. The molecule has 96 valence electrons. The van der Waals surface area contributed by atoms with E-state index in [-0.39, 0.29) is 6.42 Å². The minimum Gasteiger partial charge on any atom is -0.390 e. The van der Waals surface area contributed by atoms with Gasteiger partial charge in [-0.2, -0.15) is 0 Å². The van der Waals surface area contributed by atoms with Gasteiger partial charge in [0.1, 0.15) is 6.10 Å². The summed E-state index contributed by atoms with van der Waals surface area (Å²) in [7, 11) is 0. The zero-order valence-corrected chi connectivity index (χ0v) is 10.2. The fraction of sp³-hybridized carbons (Fsp3) is 0.273. The number of carbonyl (C=O) groups is 1. The molecule has 0 aliphatic heterocycles. The summed E-state index contributed by atoms with van der Waals surface area (Å²) < 4.78 is 0.896. The van der Waals surface area contributed by atoms with Crippen molar-refractivity contribution in [3.05, 3.63) is 23.8 Å². The van der Waals surface area contributed by atoms with Gasteiger partial charge >= 0.3 is 0 Å². The first-order valence-electron chi connectivity index (χ1n) is 5.28. The molecule has 0 fully saturated rings. The summed E-state index contributed by atoms with van der Waals surface area (Å²) in [6.45, 7) is 0. The molecule has 6 nitrogen and oxygen atoms in total. The van der Waals surface area contributed by atoms with E-state index in [9.17, 15) is 15.0 Å². The summed E-state index contributed by atoms with van der Waals surface area (Å²) in [5.74, 6) is -0.666. The number of nitrogens with two attached hydrogens (primary N) is 2. The number of aliphatic hydroxyl groups excluding tert-OH is 2. The molecule has 2 unspecified atom stereocenters. The molecule has 0 aliphatic rings. The SMILES string of the molecule is NC(=O)CC(O)C(O)c1ccc2sc(N)nc2c1. The highest BCUT2D eigenvalue weighted by Gasteiger charge is 2.20. The maximum absolute atomic E-state index is 10.7. The molecular formula is C11H13N3O3S. The van der Waals surface area contributed by atoms with Crippen LogP contribution in [0.25, 0.3) is 10.2 Å². The van der Waals surface area contributed by atoms with Crippen LogP contribution in [0.3, 0.4) is 0 Å². The van der Waals surface area contributed by atoms with Crippen molar-refractivity contribution in [1.82, 2.24) is 4.98 Å². The molecule has 1 amide bonds. The molecule has 1 aromatic heterocycles. The number of nitrogen functional groups attached to an aromatic ring is 1. The Morgan fingerprint density at radius 1 is 1.44 bits per heavy atom. The van der Waals surface area contributed by atoms with E-state index in [1.165, 1.54) is 11.3 Å². The van der Waals surface area contributed by atoms with Crippen molar-refractivity contribution in [2.75, 3.05) is 5.73 Å². The van der Waals surface area contributed by atoms with Crippen LogP contribution in [-0.4, -0.2) is 27.2 Å². The standard InChI is InChI=1S/C11H13N3O3S/c12-9(16)4-7(15)10(17)5-1-2-8-6(3-5)14-11(13)18-8/h1-3,7,10,15,17H,4H2,(H2,12,16)(H2,13,14). The van der Waals surface area contributed by atoms with Gasteiger partial charge in [-0.3, -0.25) is 4.79 Å². The molecule has 0 aliphatic carbocycles. The van der Waals surface area contributed by atoms with Gasteiger partial charge in [-0.1, -0.05) is 17.4 Å². The van der Waals surface area contributed by atoms with Crippen molar-refractivity contribution < 1.29 is 15.0 Å². The normalized spacial score (nSPS) is 14.6. The molecule has 7 heteroatoms. The second-order valence-electron chi connectivity index (χ2n) is 3.96. The number of amides is 1. The highest BCUT2D eigenvalue weighted by atomic mass is 32.1.